The van der Waals surface area contributed by atoms with E-state index in [4.69, 9.17) is 14.2 Å². The number of carbonyl (C=O) groups excluding carboxylic acids is 2. The average molecular weight is 586 g/mol. The number of phenolic OH excluding ortho intramolecular Hbond substituents is 2. The third-order valence-corrected chi connectivity index (χ3v) is 9.73. The Morgan fingerprint density at radius 3 is 2.33 bits per heavy atom. The van der Waals surface area contributed by atoms with Crippen LogP contribution in [0.2, 0.25) is 0 Å². The van der Waals surface area contributed by atoms with Gasteiger partial charge in [0.2, 0.25) is 6.79 Å². The molecule has 0 saturated heterocycles. The molecule has 0 saturated carbocycles. The van der Waals surface area contributed by atoms with Crippen LogP contribution >= 0.6 is 0 Å². The fraction of sp³-hybridized carbons (Fsp3) is 0.394. The first-order valence-corrected chi connectivity index (χ1v) is 14.7. The summed E-state index contributed by atoms with van der Waals surface area (Å²) in [4.78, 5) is 31.7. The Morgan fingerprint density at radius 2 is 1.70 bits per heavy atom. The molecule has 224 valence electrons. The molecule has 3 aromatic carbocycles. The van der Waals surface area contributed by atoms with Gasteiger partial charge in [-0.3, -0.25) is 19.4 Å². The van der Waals surface area contributed by atoms with Gasteiger partial charge in [0.1, 0.15) is 11.9 Å². The minimum absolute atomic E-state index is 0.0283. The van der Waals surface area contributed by atoms with Gasteiger partial charge < -0.3 is 29.7 Å². The molecule has 0 fully saturated rings. The molecule has 10 nitrogen and oxygen atoms in total. The Bertz CT molecular complexity index is 1670. The van der Waals surface area contributed by atoms with Gasteiger partial charge in [-0.05, 0) is 62.9 Å². The molecule has 4 heterocycles. The zero-order valence-corrected chi connectivity index (χ0v) is 24.9. The molecule has 0 radical (unpaired) electrons. The zero-order chi connectivity index (χ0) is 30.3. The van der Waals surface area contributed by atoms with E-state index in [9.17, 15) is 19.8 Å². The van der Waals surface area contributed by atoms with Crippen LogP contribution in [0.25, 0.3) is 0 Å². The van der Waals surface area contributed by atoms with Gasteiger partial charge in [-0.2, -0.15) is 0 Å². The smallest absolute Gasteiger partial charge is 0.263 e. The molecule has 2 unspecified atom stereocenters. The van der Waals surface area contributed by atoms with Gasteiger partial charge in [0.15, 0.2) is 23.0 Å². The van der Waals surface area contributed by atoms with Gasteiger partial charge in [0.25, 0.3) is 11.8 Å². The van der Waals surface area contributed by atoms with Crippen LogP contribution in [-0.2, 0) is 6.42 Å². The first-order chi connectivity index (χ1) is 20.7. The predicted molar refractivity (Wildman–Crippen MR) is 157 cm³/mol. The third kappa shape index (κ3) is 3.66. The maximum atomic E-state index is 14.1. The van der Waals surface area contributed by atoms with Crippen LogP contribution in [0.1, 0.15) is 85.6 Å². The highest BCUT2D eigenvalue weighted by Crippen LogP contribution is 2.57. The molecule has 0 aromatic heterocycles. The van der Waals surface area contributed by atoms with Gasteiger partial charge in [-0.25, -0.2) is 0 Å². The van der Waals surface area contributed by atoms with E-state index in [1.165, 1.54) is 4.90 Å². The number of aryl methyl sites for hydroxylation is 1. The van der Waals surface area contributed by atoms with Crippen LogP contribution in [0, 0.1) is 13.8 Å². The summed E-state index contributed by atoms with van der Waals surface area (Å²) in [6, 6.07) is 8.11. The summed E-state index contributed by atoms with van der Waals surface area (Å²) in [5.41, 5.74) is 4.93. The number of likely N-dealkylation sites (N-methyl/N-ethyl adjacent to an activating group) is 1. The highest BCUT2D eigenvalue weighted by Gasteiger charge is 2.53. The van der Waals surface area contributed by atoms with Crippen molar-refractivity contribution in [2.75, 3.05) is 27.5 Å². The maximum absolute atomic E-state index is 14.1. The van der Waals surface area contributed by atoms with Crippen molar-refractivity contribution in [3.63, 3.8) is 0 Å². The molecule has 43 heavy (non-hydrogen) atoms. The molecular formula is C33H35N3O7. The lowest BCUT2D eigenvalue weighted by Gasteiger charge is -2.48. The Kier molecular flexibility index (Phi) is 6.33. The normalized spacial score (nSPS) is 23.9. The fourth-order valence-electron chi connectivity index (χ4n) is 7.74. The van der Waals surface area contributed by atoms with Crippen molar-refractivity contribution in [3.8, 4) is 28.7 Å². The number of fused-ring (bicyclic) bond motifs is 6. The molecule has 3 N–H and O–H groups in total. The Labute approximate surface area is 249 Å². The van der Waals surface area contributed by atoms with Gasteiger partial charge in [-0.1, -0.05) is 25.1 Å². The summed E-state index contributed by atoms with van der Waals surface area (Å²) in [6.07, 6.45) is 0.221. The van der Waals surface area contributed by atoms with Gasteiger partial charge in [0.05, 0.1) is 24.3 Å². The number of imide groups is 1. The van der Waals surface area contributed by atoms with E-state index in [0.29, 0.717) is 58.0 Å². The van der Waals surface area contributed by atoms with Crippen molar-refractivity contribution in [3.05, 3.63) is 74.8 Å². The molecular weight excluding hydrogens is 550 g/mol. The number of nitrogens with zero attached hydrogens (tertiary/aromatic N) is 2. The van der Waals surface area contributed by atoms with Gasteiger partial charge in [0, 0.05) is 34.8 Å². The van der Waals surface area contributed by atoms with Crippen molar-refractivity contribution in [1.29, 1.82) is 0 Å². The standard InChI is InChI=1S/C33H35N3O7/c1-6-17-13-35-22(25(34-4)23-20(17)11-15(2)28(41-5)27(23)38)12-21-24(30-29(42-14-43-30)16(3)26(21)37)31(35)36-32(39)18-9-7-8-10-19(18)33(36)40/h7-11,17,22,25,31,34,37-38H,6,12-14H2,1-5H3/t17-,22?,25-,31?/m0/s1. The molecule has 2 amide bonds. The second-order valence-electron chi connectivity index (χ2n) is 11.7. The van der Waals surface area contributed by atoms with E-state index >= 15 is 0 Å². The van der Waals surface area contributed by atoms with Crippen LogP contribution in [0.4, 0.5) is 0 Å². The van der Waals surface area contributed by atoms with Crippen LogP contribution < -0.4 is 19.5 Å². The summed E-state index contributed by atoms with van der Waals surface area (Å²) in [5, 5.41) is 26.7. The maximum Gasteiger partial charge on any atom is 0.263 e. The van der Waals surface area contributed by atoms with Crippen LogP contribution in [0.15, 0.2) is 30.3 Å². The molecule has 0 spiro atoms. The predicted octanol–water partition coefficient (Wildman–Crippen LogP) is 4.44. The topological polar surface area (TPSA) is 121 Å². The van der Waals surface area contributed by atoms with Crippen LogP contribution in [0.5, 0.6) is 28.7 Å². The first-order valence-electron chi connectivity index (χ1n) is 14.7. The second kappa shape index (κ2) is 9.89. The monoisotopic (exact) mass is 585 g/mol. The number of rotatable bonds is 4. The quantitative estimate of drug-likeness (QED) is 0.382. The number of amides is 2. The number of hydrogen-bond acceptors (Lipinski definition) is 9. The van der Waals surface area contributed by atoms with E-state index < -0.39 is 24.0 Å². The molecule has 0 bridgehead atoms. The minimum Gasteiger partial charge on any atom is -0.507 e. The summed E-state index contributed by atoms with van der Waals surface area (Å²) in [7, 11) is 3.38. The first kappa shape index (κ1) is 27.5. The van der Waals surface area contributed by atoms with Crippen molar-refractivity contribution in [2.45, 2.75) is 57.8 Å². The average Bonchev–Trinajstić information content (AvgIpc) is 3.55. The van der Waals surface area contributed by atoms with Crippen LogP contribution in [0.3, 0.4) is 0 Å². The summed E-state index contributed by atoms with van der Waals surface area (Å²) >= 11 is 0. The third-order valence-electron chi connectivity index (χ3n) is 9.73. The van der Waals surface area contributed by atoms with Crippen molar-refractivity contribution < 1.29 is 34.0 Å². The lowest BCUT2D eigenvalue weighted by Crippen LogP contribution is -2.55. The lowest BCUT2D eigenvalue weighted by atomic mass is 9.82. The number of hydrogen-bond donors (Lipinski definition) is 3. The molecule has 7 rings (SSSR count). The van der Waals surface area contributed by atoms with Crippen molar-refractivity contribution >= 4 is 11.8 Å². The van der Waals surface area contributed by atoms with Gasteiger partial charge >= 0.3 is 0 Å². The highest BCUT2D eigenvalue weighted by atomic mass is 16.7. The molecule has 0 aliphatic carbocycles. The molecule has 4 aliphatic rings. The van der Waals surface area contributed by atoms with Crippen molar-refractivity contribution in [2.24, 2.45) is 0 Å². The van der Waals surface area contributed by atoms with E-state index in [1.807, 2.05) is 14.0 Å². The number of nitrogens with one attached hydrogen (secondary N) is 1. The summed E-state index contributed by atoms with van der Waals surface area (Å²) < 4.78 is 17.5. The van der Waals surface area contributed by atoms with E-state index in [2.05, 4.69) is 23.2 Å². The summed E-state index contributed by atoms with van der Waals surface area (Å²) in [5.74, 6) is 0.560. The number of methoxy groups -OCH3 is 1. The molecule has 4 atom stereocenters. The zero-order valence-electron chi connectivity index (χ0n) is 24.9. The Morgan fingerprint density at radius 1 is 1.02 bits per heavy atom. The lowest BCUT2D eigenvalue weighted by molar-refractivity contribution is -0.000932. The van der Waals surface area contributed by atoms with E-state index in [1.54, 1.807) is 38.3 Å². The number of benzene rings is 3. The largest absolute Gasteiger partial charge is 0.507 e. The summed E-state index contributed by atoms with van der Waals surface area (Å²) in [6.45, 7) is 6.24. The highest BCUT2D eigenvalue weighted by molar-refractivity contribution is 6.21. The molecule has 3 aromatic rings. The number of carbonyl (C=O) groups is 2. The van der Waals surface area contributed by atoms with E-state index in [0.717, 1.165) is 23.1 Å². The Balaban J connectivity index is 1.51. The second-order valence-corrected chi connectivity index (χ2v) is 11.7. The Hall–Kier alpha value is -4.28. The minimum atomic E-state index is -0.896. The van der Waals surface area contributed by atoms with Gasteiger partial charge in [-0.15, -0.1) is 0 Å². The van der Waals surface area contributed by atoms with E-state index in [-0.39, 0.29) is 30.3 Å². The number of phenols is 2. The SMILES string of the molecule is CC[C@H]1CN2C(Cc3c(O)c(C)c4c(c3C2N2C(=O)c3ccccc3C2=O)OCO4)[C@H](NC)c2c1cc(C)c(OC)c2O. The molecule has 10 heteroatoms. The van der Waals surface area contributed by atoms with Crippen molar-refractivity contribution in [1.82, 2.24) is 15.1 Å². The number of aromatic hydroxyl groups is 2. The number of ether oxygens (including phenoxy) is 3. The molecule has 4 aliphatic heterocycles. The fourth-order valence-corrected chi connectivity index (χ4v) is 7.74. The van der Waals surface area contributed by atoms with Crippen LogP contribution in [-0.4, -0.2) is 65.4 Å².